The zero-order valence-corrected chi connectivity index (χ0v) is 7.87. The average molecular weight is 189 g/mol. The first-order valence-electron chi connectivity index (χ1n) is 3.77. The molecule has 1 rings (SSSR count). The molecule has 0 saturated heterocycles. The van der Waals surface area contributed by atoms with Crippen LogP contribution in [0.2, 0.25) is 6.70 Å². The molecule has 1 aromatic heterocycles. The van der Waals surface area contributed by atoms with Crippen LogP contribution in [0.25, 0.3) is 0 Å². The molecule has 0 saturated carbocycles. The summed E-state index contributed by atoms with van der Waals surface area (Å²) in [6.07, 6.45) is 0. The minimum atomic E-state index is 0.0906. The van der Waals surface area contributed by atoms with Gasteiger partial charge in [-0.15, -0.1) is 0 Å². The molecule has 0 atom stereocenters. The van der Waals surface area contributed by atoms with Crippen LogP contribution in [-0.2, 0) is 0 Å². The fraction of sp³-hybridized carbons (Fsp3) is 0.500. The normalized spacial score (nSPS) is 10.8. The summed E-state index contributed by atoms with van der Waals surface area (Å²) in [5, 5.41) is 1.12. The lowest BCUT2D eigenvalue weighted by atomic mass is 10.8. The Morgan fingerprint density at radius 1 is 1.42 bits per heavy atom. The predicted octanol–water partition coefficient (Wildman–Crippen LogP) is 0.633. The maximum absolute atomic E-state index is 7.26. The molecule has 1 heterocycles. The van der Waals surface area contributed by atoms with Gasteiger partial charge < -0.3 is 10.2 Å². The van der Waals surface area contributed by atoms with Gasteiger partial charge in [0.05, 0.1) is 0 Å². The highest BCUT2D eigenvalue weighted by molar-refractivity contribution is 6.28. The van der Waals surface area contributed by atoms with Gasteiger partial charge in [-0.1, -0.05) is 0 Å². The molecule has 66 valence electrons. The van der Waals surface area contributed by atoms with Crippen molar-refractivity contribution in [1.82, 2.24) is 15.0 Å². The molecular weight excluding hydrogens is 178 g/mol. The molecule has 1 N–H and O–H groups in total. The summed E-state index contributed by atoms with van der Waals surface area (Å²) in [4.78, 5) is 13.3. The molecule has 0 fully saturated rings. The van der Waals surface area contributed by atoms with Gasteiger partial charge in [0.25, 0.3) is 0 Å². The van der Waals surface area contributed by atoms with E-state index in [1.807, 2.05) is 0 Å². The minimum Gasteiger partial charge on any atom is -0.357 e. The van der Waals surface area contributed by atoms with Gasteiger partial charge in [-0.3, -0.25) is 0 Å². The third-order valence-corrected chi connectivity index (χ3v) is 1.35. The quantitative estimate of drug-likeness (QED) is 0.738. The van der Waals surface area contributed by atoms with E-state index in [2.05, 4.69) is 15.0 Å². The highest BCUT2D eigenvalue weighted by Gasteiger charge is 2.04. The number of nitrogens with zero attached hydrogens (tertiary/aromatic N) is 4. The Bertz CT molecular complexity index is 277. The van der Waals surface area contributed by atoms with Crippen molar-refractivity contribution < 1.29 is 1.41 Å². The summed E-state index contributed by atoms with van der Waals surface area (Å²) in [7, 11) is 5.10. The molecule has 0 aliphatic carbocycles. The smallest absolute Gasteiger partial charge is 0.230 e. The van der Waals surface area contributed by atoms with Crippen molar-refractivity contribution in [2.45, 2.75) is 0 Å². The predicted molar refractivity (Wildman–Crippen MR) is 48.7 cm³/mol. The fourth-order valence-electron chi connectivity index (χ4n) is 0.629. The summed E-state index contributed by atoms with van der Waals surface area (Å²) in [5.41, 5.74) is 0. The van der Waals surface area contributed by atoms with Gasteiger partial charge in [0, 0.05) is 21.1 Å². The molecule has 12 heavy (non-hydrogen) atoms. The maximum Gasteiger partial charge on any atom is 0.230 e. The number of aromatic nitrogens is 3. The van der Waals surface area contributed by atoms with Crippen LogP contribution in [0.4, 0.5) is 11.9 Å². The molecular formula is C6H10ClN5. The summed E-state index contributed by atoms with van der Waals surface area (Å²) in [6.45, 7) is 0. The molecule has 0 spiro atoms. The van der Waals surface area contributed by atoms with Gasteiger partial charge in [0.15, 0.2) is 1.41 Å². The van der Waals surface area contributed by atoms with Crippen molar-refractivity contribution in [2.24, 2.45) is 0 Å². The van der Waals surface area contributed by atoms with Crippen LogP contribution in [0, 0.1) is 0 Å². The lowest BCUT2D eigenvalue weighted by Crippen LogP contribution is -2.14. The Hall–Kier alpha value is -1.10. The molecule has 0 aliphatic heterocycles. The second kappa shape index (κ2) is 3.53. The number of nitrogens with one attached hydrogen (secondary N) is 1. The zero-order valence-electron chi connectivity index (χ0n) is 8.11. The van der Waals surface area contributed by atoms with Gasteiger partial charge in [-0.25, -0.2) is 0 Å². The summed E-state index contributed by atoms with van der Waals surface area (Å²) in [6, 6.07) is 0. The Balaban J connectivity index is 3.11. The van der Waals surface area contributed by atoms with Crippen LogP contribution in [-0.4, -0.2) is 36.1 Å². The van der Waals surface area contributed by atoms with Crippen molar-refractivity contribution in [2.75, 3.05) is 31.4 Å². The third-order valence-electron chi connectivity index (χ3n) is 1.18. The second-order valence-corrected chi connectivity index (χ2v) is 2.66. The van der Waals surface area contributed by atoms with Crippen molar-refractivity contribution in [3.8, 4) is 0 Å². The van der Waals surface area contributed by atoms with Gasteiger partial charge in [-0.05, 0) is 11.6 Å². The molecule has 0 bridgehead atoms. The van der Waals surface area contributed by atoms with Crippen LogP contribution in [0.15, 0.2) is 0 Å². The van der Waals surface area contributed by atoms with E-state index < -0.39 is 0 Å². The summed E-state index contributed by atoms with van der Waals surface area (Å²) >= 11 is 5.64. The second-order valence-electron chi connectivity index (χ2n) is 2.32. The Morgan fingerprint density at radius 3 is 2.58 bits per heavy atom. The third kappa shape index (κ3) is 1.94. The van der Waals surface area contributed by atoms with Gasteiger partial charge in [0.2, 0.25) is 17.2 Å². The average Bonchev–Trinajstić information content (AvgIpc) is 2.03. The first-order chi connectivity index (χ1) is 6.00. The Morgan fingerprint density at radius 2 is 2.08 bits per heavy atom. The molecule has 0 aliphatic rings. The molecule has 6 heteroatoms. The molecule has 1 aromatic rings. The van der Waals surface area contributed by atoms with Crippen molar-refractivity contribution >= 4 is 23.5 Å². The molecule has 0 unspecified atom stereocenters. The molecule has 0 amide bonds. The van der Waals surface area contributed by atoms with Gasteiger partial charge in [-0.2, -0.15) is 15.0 Å². The number of halogens is 1. The standard InChI is InChI=1S/C6H10ClN5/c1-8-5-9-4(7)10-6(11-5)12(2)3/h1-3H3,(H,8,9,10,11)/i/hD. The molecule has 0 radical (unpaired) electrons. The first kappa shape index (κ1) is 7.54. The highest BCUT2D eigenvalue weighted by Crippen LogP contribution is 2.10. The number of hydrogen-bond acceptors (Lipinski definition) is 5. The van der Waals surface area contributed by atoms with Crippen LogP contribution < -0.4 is 10.2 Å². The van der Waals surface area contributed by atoms with E-state index in [9.17, 15) is 0 Å². The van der Waals surface area contributed by atoms with Gasteiger partial charge in [0.1, 0.15) is 0 Å². The van der Waals surface area contributed by atoms with Crippen molar-refractivity contribution in [1.29, 1.82) is 0 Å². The van der Waals surface area contributed by atoms with E-state index in [0.717, 1.165) is 5.31 Å². The van der Waals surface area contributed by atoms with E-state index in [4.69, 9.17) is 13.0 Å². The van der Waals surface area contributed by atoms with E-state index in [0.29, 0.717) is 5.95 Å². The van der Waals surface area contributed by atoms with E-state index in [1.165, 1.54) is 7.05 Å². The van der Waals surface area contributed by atoms with Crippen molar-refractivity contribution in [3.63, 3.8) is 0 Å². The maximum atomic E-state index is 7.26. The Labute approximate surface area is 77.3 Å². The van der Waals surface area contributed by atoms with Crippen LogP contribution >= 0.6 is 11.6 Å². The SMILES string of the molecule is [2H]N(C)c1nc(Cl)nc(N(C)C)n1. The lowest BCUT2D eigenvalue weighted by molar-refractivity contribution is 0.958. The first-order valence-corrected chi connectivity index (χ1v) is 3.70. The van der Waals surface area contributed by atoms with Crippen LogP contribution in [0.3, 0.4) is 0 Å². The van der Waals surface area contributed by atoms with E-state index in [1.54, 1.807) is 19.0 Å². The summed E-state index contributed by atoms with van der Waals surface area (Å²) in [5.74, 6) is 0.665. The molecule has 0 aromatic carbocycles. The van der Waals surface area contributed by atoms with Gasteiger partial charge >= 0.3 is 0 Å². The van der Waals surface area contributed by atoms with E-state index in [-0.39, 0.29) is 11.2 Å². The lowest BCUT2D eigenvalue weighted by Gasteiger charge is -2.10. The van der Waals surface area contributed by atoms with Crippen LogP contribution in [0.5, 0.6) is 0 Å². The number of hydrogen-bond donors (Lipinski definition) is 1. The van der Waals surface area contributed by atoms with E-state index >= 15 is 0 Å². The number of anilines is 2. The fourth-order valence-corrected chi connectivity index (χ4v) is 0.781. The van der Waals surface area contributed by atoms with Crippen LogP contribution in [0.1, 0.15) is 0 Å². The minimum absolute atomic E-state index is 0.0906. The monoisotopic (exact) mass is 188 g/mol. The topological polar surface area (TPSA) is 53.9 Å². The summed E-state index contributed by atoms with van der Waals surface area (Å²) < 4.78 is 7.26. The molecule has 5 nitrogen and oxygen atoms in total. The zero-order chi connectivity index (χ0) is 10.0. The largest absolute Gasteiger partial charge is 0.357 e. The van der Waals surface area contributed by atoms with Crippen molar-refractivity contribution in [3.05, 3.63) is 5.28 Å². The highest BCUT2D eigenvalue weighted by atomic mass is 35.5. The Kier molecular flexibility index (Phi) is 2.22. The number of rotatable bonds is 2.